The molecule has 2 N–H and O–H groups in total. The second kappa shape index (κ2) is 9.07. The lowest BCUT2D eigenvalue weighted by molar-refractivity contribution is 0.102. The van der Waals surface area contributed by atoms with Crippen molar-refractivity contribution in [2.45, 2.75) is 59.8 Å². The molecule has 0 aliphatic carbocycles. The Morgan fingerprint density at radius 2 is 1.53 bits per heavy atom. The molecule has 0 fully saturated rings. The van der Waals surface area contributed by atoms with Crippen molar-refractivity contribution in [2.75, 3.05) is 5.32 Å². The second-order valence-corrected chi connectivity index (χ2v) is 9.70. The van der Waals surface area contributed by atoms with Gasteiger partial charge in [-0.3, -0.25) is 4.79 Å². The molecule has 0 aliphatic heterocycles. The van der Waals surface area contributed by atoms with E-state index < -0.39 is 0 Å². The molecule has 0 bridgehead atoms. The Morgan fingerprint density at radius 3 is 2.06 bits per heavy atom. The number of carbonyl (C=O) groups is 1. The standard InChI is InChI=1S/C28H33NO3/c1-17(2)24-16-23(12-13-25(24)30)32-26-18(3)14-22(15-19(26)4)29-27(31)20-8-10-21(11-9-20)28(5,6)7/h8-17,30H,1-7H3,(H,29,31). The second-order valence-electron chi connectivity index (χ2n) is 9.70. The number of nitrogens with one attached hydrogen (secondary N) is 1. The number of hydrogen-bond acceptors (Lipinski definition) is 3. The van der Waals surface area contributed by atoms with E-state index in [-0.39, 0.29) is 23.0 Å². The van der Waals surface area contributed by atoms with Crippen LogP contribution in [-0.4, -0.2) is 11.0 Å². The molecule has 3 aromatic rings. The Balaban J connectivity index is 1.78. The molecular formula is C28H33NO3. The number of ether oxygens (including phenoxy) is 1. The number of aryl methyl sites for hydroxylation is 2. The lowest BCUT2D eigenvalue weighted by Gasteiger charge is -2.19. The van der Waals surface area contributed by atoms with Gasteiger partial charge in [0.05, 0.1) is 0 Å². The molecule has 0 atom stereocenters. The van der Waals surface area contributed by atoms with Crippen molar-refractivity contribution in [1.29, 1.82) is 0 Å². The van der Waals surface area contributed by atoms with Gasteiger partial charge in [-0.1, -0.05) is 46.8 Å². The summed E-state index contributed by atoms with van der Waals surface area (Å²) in [5, 5.41) is 13.0. The van der Waals surface area contributed by atoms with Crippen molar-refractivity contribution in [2.24, 2.45) is 0 Å². The lowest BCUT2D eigenvalue weighted by atomic mass is 9.87. The van der Waals surface area contributed by atoms with E-state index in [2.05, 4.69) is 26.1 Å². The molecule has 0 radical (unpaired) electrons. The molecule has 32 heavy (non-hydrogen) atoms. The quantitative estimate of drug-likeness (QED) is 0.440. The highest BCUT2D eigenvalue weighted by atomic mass is 16.5. The number of carbonyl (C=O) groups excluding carboxylic acids is 1. The lowest BCUT2D eigenvalue weighted by Crippen LogP contribution is -2.14. The number of phenols is 1. The van der Waals surface area contributed by atoms with E-state index >= 15 is 0 Å². The van der Waals surface area contributed by atoms with Crippen LogP contribution >= 0.6 is 0 Å². The Bertz CT molecular complexity index is 1100. The van der Waals surface area contributed by atoms with Crippen LogP contribution in [0.5, 0.6) is 17.2 Å². The first-order chi connectivity index (χ1) is 15.0. The van der Waals surface area contributed by atoms with Gasteiger partial charge in [-0.2, -0.15) is 0 Å². The Hall–Kier alpha value is -3.27. The molecule has 0 saturated carbocycles. The van der Waals surface area contributed by atoms with Crippen LogP contribution in [0.1, 0.15) is 73.1 Å². The van der Waals surface area contributed by atoms with Crippen molar-refractivity contribution in [3.8, 4) is 17.2 Å². The average Bonchev–Trinajstić information content (AvgIpc) is 2.71. The van der Waals surface area contributed by atoms with Crippen LogP contribution in [0.2, 0.25) is 0 Å². The van der Waals surface area contributed by atoms with Crippen LogP contribution in [0.25, 0.3) is 0 Å². The fraction of sp³-hybridized carbons (Fsp3) is 0.321. The van der Waals surface area contributed by atoms with Gasteiger partial charge in [-0.05, 0) is 84.3 Å². The number of rotatable bonds is 5. The number of anilines is 1. The van der Waals surface area contributed by atoms with E-state index in [1.807, 2.05) is 70.2 Å². The first-order valence-electron chi connectivity index (χ1n) is 11.0. The monoisotopic (exact) mass is 431 g/mol. The molecule has 0 heterocycles. The van der Waals surface area contributed by atoms with E-state index in [0.717, 1.165) is 28.1 Å². The van der Waals surface area contributed by atoms with Gasteiger partial charge in [-0.25, -0.2) is 0 Å². The summed E-state index contributed by atoms with van der Waals surface area (Å²) in [7, 11) is 0. The fourth-order valence-corrected chi connectivity index (χ4v) is 3.68. The van der Waals surface area contributed by atoms with Crippen LogP contribution in [0.4, 0.5) is 5.69 Å². The van der Waals surface area contributed by atoms with Gasteiger partial charge >= 0.3 is 0 Å². The molecule has 3 rings (SSSR count). The third kappa shape index (κ3) is 5.31. The number of amides is 1. The summed E-state index contributed by atoms with van der Waals surface area (Å²) < 4.78 is 6.15. The predicted molar refractivity (Wildman–Crippen MR) is 131 cm³/mol. The van der Waals surface area contributed by atoms with Gasteiger partial charge in [0.2, 0.25) is 0 Å². The minimum absolute atomic E-state index is 0.0481. The number of benzene rings is 3. The molecule has 1 amide bonds. The van der Waals surface area contributed by atoms with Crippen molar-refractivity contribution < 1.29 is 14.6 Å². The third-order valence-electron chi connectivity index (χ3n) is 5.57. The normalized spacial score (nSPS) is 11.5. The molecule has 0 spiro atoms. The first-order valence-corrected chi connectivity index (χ1v) is 11.0. The average molecular weight is 432 g/mol. The SMILES string of the molecule is Cc1cc(NC(=O)c2ccc(C(C)(C)C)cc2)cc(C)c1Oc1ccc(O)c(C(C)C)c1. The van der Waals surface area contributed by atoms with Gasteiger partial charge in [0.25, 0.3) is 5.91 Å². The van der Waals surface area contributed by atoms with Crippen molar-refractivity contribution in [3.63, 3.8) is 0 Å². The predicted octanol–water partition coefficient (Wildman–Crippen LogP) is 7.47. The fourth-order valence-electron chi connectivity index (χ4n) is 3.68. The van der Waals surface area contributed by atoms with Crippen LogP contribution in [0.3, 0.4) is 0 Å². The molecule has 168 valence electrons. The van der Waals surface area contributed by atoms with Gasteiger partial charge in [0.1, 0.15) is 17.2 Å². The van der Waals surface area contributed by atoms with E-state index in [4.69, 9.17) is 4.74 Å². The minimum Gasteiger partial charge on any atom is -0.508 e. The molecule has 4 heteroatoms. The summed E-state index contributed by atoms with van der Waals surface area (Å²) in [6, 6.07) is 16.9. The van der Waals surface area contributed by atoms with Gasteiger partial charge in [0, 0.05) is 16.8 Å². The highest BCUT2D eigenvalue weighted by molar-refractivity contribution is 6.04. The Labute approximate surface area is 191 Å². The summed E-state index contributed by atoms with van der Waals surface area (Å²) in [5.74, 6) is 1.74. The number of hydrogen-bond donors (Lipinski definition) is 2. The van der Waals surface area contributed by atoms with E-state index in [1.54, 1.807) is 12.1 Å². The third-order valence-corrected chi connectivity index (χ3v) is 5.57. The maximum Gasteiger partial charge on any atom is 0.255 e. The van der Waals surface area contributed by atoms with Gasteiger partial charge in [-0.15, -0.1) is 0 Å². The molecule has 3 aromatic carbocycles. The van der Waals surface area contributed by atoms with Crippen LogP contribution in [0.15, 0.2) is 54.6 Å². The molecule has 0 aromatic heterocycles. The summed E-state index contributed by atoms with van der Waals surface area (Å²) in [6.07, 6.45) is 0. The number of aromatic hydroxyl groups is 1. The Morgan fingerprint density at radius 1 is 0.938 bits per heavy atom. The van der Waals surface area contributed by atoms with Gasteiger partial charge in [0.15, 0.2) is 0 Å². The highest BCUT2D eigenvalue weighted by Crippen LogP contribution is 2.35. The molecule has 0 saturated heterocycles. The zero-order valence-corrected chi connectivity index (χ0v) is 20.0. The van der Waals surface area contributed by atoms with E-state index in [0.29, 0.717) is 11.3 Å². The van der Waals surface area contributed by atoms with Crippen molar-refractivity contribution >= 4 is 11.6 Å². The molecule has 0 unspecified atom stereocenters. The topological polar surface area (TPSA) is 58.6 Å². The van der Waals surface area contributed by atoms with Crippen molar-refractivity contribution in [1.82, 2.24) is 0 Å². The maximum absolute atomic E-state index is 12.7. The molecule has 0 aliphatic rings. The van der Waals surface area contributed by atoms with E-state index in [9.17, 15) is 9.90 Å². The van der Waals surface area contributed by atoms with Gasteiger partial charge < -0.3 is 15.2 Å². The molecular weight excluding hydrogens is 398 g/mol. The summed E-state index contributed by atoms with van der Waals surface area (Å²) in [5.41, 5.74) is 5.28. The first kappa shape index (κ1) is 23.4. The van der Waals surface area contributed by atoms with Crippen LogP contribution < -0.4 is 10.1 Å². The smallest absolute Gasteiger partial charge is 0.255 e. The van der Waals surface area contributed by atoms with E-state index in [1.165, 1.54) is 5.56 Å². The summed E-state index contributed by atoms with van der Waals surface area (Å²) in [6.45, 7) is 14.4. The summed E-state index contributed by atoms with van der Waals surface area (Å²) >= 11 is 0. The number of phenolic OH excluding ortho intramolecular Hbond substituents is 1. The van der Waals surface area contributed by atoms with Crippen molar-refractivity contribution in [3.05, 3.63) is 82.4 Å². The zero-order valence-electron chi connectivity index (χ0n) is 20.0. The highest BCUT2D eigenvalue weighted by Gasteiger charge is 2.16. The van der Waals surface area contributed by atoms with Crippen LogP contribution in [0, 0.1) is 13.8 Å². The summed E-state index contributed by atoms with van der Waals surface area (Å²) in [4.78, 5) is 12.7. The molecule has 4 nitrogen and oxygen atoms in total. The zero-order chi connectivity index (χ0) is 23.6. The Kier molecular flexibility index (Phi) is 6.63. The minimum atomic E-state index is -0.141. The largest absolute Gasteiger partial charge is 0.508 e. The van der Waals surface area contributed by atoms with Crippen LogP contribution in [-0.2, 0) is 5.41 Å². The maximum atomic E-state index is 12.7.